The third-order valence-electron chi connectivity index (χ3n) is 2.95. The monoisotopic (exact) mass is 296 g/mol. The van der Waals surface area contributed by atoms with Crippen molar-refractivity contribution in [2.45, 2.75) is 40.2 Å². The first-order chi connectivity index (χ1) is 9.11. The Labute approximate surface area is 125 Å². The smallest absolute Gasteiger partial charge is 0.244 e. The van der Waals surface area contributed by atoms with Crippen LogP contribution in [0.15, 0.2) is 18.2 Å². The fourth-order valence-electron chi connectivity index (χ4n) is 1.84. The predicted octanol–water partition coefficient (Wildman–Crippen LogP) is 3.23. The summed E-state index contributed by atoms with van der Waals surface area (Å²) < 4.78 is 0. The van der Waals surface area contributed by atoms with Gasteiger partial charge in [-0.3, -0.25) is 9.59 Å². The zero-order valence-corrected chi connectivity index (χ0v) is 13.3. The van der Waals surface area contributed by atoms with Crippen LogP contribution < -0.4 is 5.32 Å². The molecule has 110 valence electrons. The first-order valence-electron chi connectivity index (χ1n) is 6.45. The Bertz CT molecular complexity index is 521. The summed E-state index contributed by atoms with van der Waals surface area (Å²) >= 11 is 6.01. The molecule has 1 N–H and O–H groups in total. The molecule has 20 heavy (non-hydrogen) atoms. The maximum atomic E-state index is 12.0. The van der Waals surface area contributed by atoms with Crippen LogP contribution in [0.3, 0.4) is 0 Å². The van der Waals surface area contributed by atoms with Crippen molar-refractivity contribution in [2.75, 3.05) is 11.9 Å². The fourth-order valence-corrected chi connectivity index (χ4v) is 2.02. The minimum absolute atomic E-state index is 0.0182. The van der Waals surface area contributed by atoms with E-state index in [1.54, 1.807) is 12.1 Å². The minimum atomic E-state index is -0.395. The molecule has 5 heteroatoms. The van der Waals surface area contributed by atoms with Crippen LogP contribution in [0.1, 0.15) is 33.3 Å². The molecule has 0 heterocycles. The molecule has 0 unspecified atom stereocenters. The average Bonchev–Trinajstić information content (AvgIpc) is 2.29. The number of rotatable bonds is 3. The van der Waals surface area contributed by atoms with Gasteiger partial charge in [0, 0.05) is 23.2 Å². The number of carbonyl (C=O) groups excluding carboxylic acids is 2. The third kappa shape index (κ3) is 4.53. The highest BCUT2D eigenvalue weighted by Crippen LogP contribution is 2.20. The number of nitrogens with zero attached hydrogens (tertiary/aromatic N) is 1. The summed E-state index contributed by atoms with van der Waals surface area (Å²) in [7, 11) is 0. The first kappa shape index (κ1) is 16.5. The van der Waals surface area contributed by atoms with E-state index in [1.807, 2.05) is 33.8 Å². The number of carbonyl (C=O) groups is 2. The zero-order chi connectivity index (χ0) is 15.5. The second kappa shape index (κ2) is 6.27. The molecule has 1 aromatic carbocycles. The summed E-state index contributed by atoms with van der Waals surface area (Å²) in [6, 6.07) is 5.32. The Kier molecular flexibility index (Phi) is 5.17. The summed E-state index contributed by atoms with van der Waals surface area (Å²) in [6.45, 7) is 9.05. The van der Waals surface area contributed by atoms with E-state index in [0.717, 1.165) is 5.56 Å². The van der Waals surface area contributed by atoms with Gasteiger partial charge < -0.3 is 10.2 Å². The van der Waals surface area contributed by atoms with Crippen molar-refractivity contribution in [2.24, 2.45) is 0 Å². The molecule has 1 rings (SSSR count). The van der Waals surface area contributed by atoms with Crippen LogP contribution in [0.25, 0.3) is 0 Å². The van der Waals surface area contributed by atoms with Gasteiger partial charge in [-0.1, -0.05) is 17.7 Å². The Balaban J connectivity index is 2.76. The average molecular weight is 297 g/mol. The van der Waals surface area contributed by atoms with E-state index in [1.165, 1.54) is 11.8 Å². The highest BCUT2D eigenvalue weighted by molar-refractivity contribution is 6.31. The van der Waals surface area contributed by atoms with Crippen LogP contribution in [0.5, 0.6) is 0 Å². The lowest BCUT2D eigenvalue weighted by atomic mass is 10.1. The molecule has 0 aliphatic rings. The number of hydrogen-bond donors (Lipinski definition) is 1. The summed E-state index contributed by atoms with van der Waals surface area (Å²) in [5, 5.41) is 3.35. The van der Waals surface area contributed by atoms with Crippen LogP contribution in [0.2, 0.25) is 5.02 Å². The first-order valence-corrected chi connectivity index (χ1v) is 6.83. The molecular weight excluding hydrogens is 276 g/mol. The molecule has 0 fully saturated rings. The van der Waals surface area contributed by atoms with Crippen LogP contribution >= 0.6 is 11.6 Å². The zero-order valence-electron chi connectivity index (χ0n) is 12.6. The number of nitrogens with one attached hydrogen (secondary N) is 1. The molecule has 1 aromatic rings. The van der Waals surface area contributed by atoms with Gasteiger partial charge in [-0.05, 0) is 45.4 Å². The summed E-state index contributed by atoms with van der Waals surface area (Å²) in [6.07, 6.45) is 0. The van der Waals surface area contributed by atoms with Gasteiger partial charge in [0.05, 0.1) is 0 Å². The van der Waals surface area contributed by atoms with Gasteiger partial charge in [0.1, 0.15) is 6.54 Å². The second-order valence-corrected chi connectivity index (χ2v) is 6.20. The molecule has 0 aliphatic heterocycles. The highest BCUT2D eigenvalue weighted by Gasteiger charge is 2.25. The molecule has 0 saturated carbocycles. The van der Waals surface area contributed by atoms with Gasteiger partial charge in [-0.2, -0.15) is 0 Å². The molecule has 2 amide bonds. The number of hydrogen-bond acceptors (Lipinski definition) is 2. The van der Waals surface area contributed by atoms with Gasteiger partial charge in [0.25, 0.3) is 0 Å². The molecule has 4 nitrogen and oxygen atoms in total. The minimum Gasteiger partial charge on any atom is -0.329 e. The Morgan fingerprint density at radius 3 is 2.35 bits per heavy atom. The van der Waals surface area contributed by atoms with Crippen LogP contribution in [0, 0.1) is 6.92 Å². The normalized spacial score (nSPS) is 11.1. The fraction of sp³-hybridized carbons (Fsp3) is 0.467. The second-order valence-electron chi connectivity index (χ2n) is 5.79. The maximum Gasteiger partial charge on any atom is 0.244 e. The molecule has 0 aromatic heterocycles. The molecule has 0 aliphatic carbocycles. The van der Waals surface area contributed by atoms with Gasteiger partial charge in [0.15, 0.2) is 0 Å². The number of anilines is 1. The van der Waals surface area contributed by atoms with Crippen molar-refractivity contribution in [3.8, 4) is 0 Å². The van der Waals surface area contributed by atoms with Gasteiger partial charge in [-0.15, -0.1) is 0 Å². The largest absolute Gasteiger partial charge is 0.329 e. The molecule has 0 radical (unpaired) electrons. The third-order valence-corrected chi connectivity index (χ3v) is 3.35. The standard InChI is InChI=1S/C15H21ClN2O2/c1-10-6-7-12(8-13(10)16)17-14(20)9-18(11(2)19)15(3,4)5/h6-8H,9H2,1-5H3,(H,17,20). The molecule has 0 atom stereocenters. The quantitative estimate of drug-likeness (QED) is 0.931. The van der Waals surface area contributed by atoms with Crippen molar-refractivity contribution < 1.29 is 9.59 Å². The number of amides is 2. The van der Waals surface area contributed by atoms with Gasteiger partial charge in [-0.25, -0.2) is 0 Å². The van der Waals surface area contributed by atoms with Crippen molar-refractivity contribution in [1.82, 2.24) is 4.90 Å². The summed E-state index contributed by atoms with van der Waals surface area (Å²) in [5.41, 5.74) is 1.18. The predicted molar refractivity (Wildman–Crippen MR) is 82.0 cm³/mol. The highest BCUT2D eigenvalue weighted by atomic mass is 35.5. The molecular formula is C15H21ClN2O2. The number of halogens is 1. The van der Waals surface area contributed by atoms with Crippen molar-refractivity contribution >= 4 is 29.1 Å². The van der Waals surface area contributed by atoms with Crippen LogP contribution in [-0.4, -0.2) is 28.8 Å². The number of benzene rings is 1. The molecule has 0 spiro atoms. The van der Waals surface area contributed by atoms with Gasteiger partial charge in [0.2, 0.25) is 11.8 Å². The Morgan fingerprint density at radius 1 is 1.30 bits per heavy atom. The lowest BCUT2D eigenvalue weighted by Gasteiger charge is -2.34. The van der Waals surface area contributed by atoms with E-state index >= 15 is 0 Å². The Hall–Kier alpha value is -1.55. The van der Waals surface area contributed by atoms with Crippen molar-refractivity contribution in [3.63, 3.8) is 0 Å². The Morgan fingerprint density at radius 2 is 1.90 bits per heavy atom. The molecule has 0 saturated heterocycles. The van der Waals surface area contributed by atoms with Crippen molar-refractivity contribution in [3.05, 3.63) is 28.8 Å². The molecule has 0 bridgehead atoms. The SMILES string of the molecule is CC(=O)N(CC(=O)Nc1ccc(C)c(Cl)c1)C(C)(C)C. The summed E-state index contributed by atoms with van der Waals surface area (Å²) in [4.78, 5) is 25.2. The van der Waals surface area contributed by atoms with E-state index in [9.17, 15) is 9.59 Å². The van der Waals surface area contributed by atoms with Gasteiger partial charge >= 0.3 is 0 Å². The van der Waals surface area contributed by atoms with Crippen LogP contribution in [-0.2, 0) is 9.59 Å². The van der Waals surface area contributed by atoms with E-state index in [4.69, 9.17) is 11.6 Å². The topological polar surface area (TPSA) is 49.4 Å². The van der Waals surface area contributed by atoms with Crippen LogP contribution in [0.4, 0.5) is 5.69 Å². The van der Waals surface area contributed by atoms with E-state index in [2.05, 4.69) is 5.32 Å². The number of aryl methyl sites for hydroxylation is 1. The van der Waals surface area contributed by atoms with E-state index in [-0.39, 0.29) is 18.4 Å². The van der Waals surface area contributed by atoms with E-state index in [0.29, 0.717) is 10.7 Å². The summed E-state index contributed by atoms with van der Waals surface area (Å²) in [5.74, 6) is -0.371. The van der Waals surface area contributed by atoms with Crippen molar-refractivity contribution in [1.29, 1.82) is 0 Å². The lowest BCUT2D eigenvalue weighted by molar-refractivity contribution is -0.137. The maximum absolute atomic E-state index is 12.0. The van der Waals surface area contributed by atoms with E-state index < -0.39 is 5.54 Å². The lowest BCUT2D eigenvalue weighted by Crippen LogP contribution is -2.48.